The van der Waals surface area contributed by atoms with Gasteiger partial charge in [-0.3, -0.25) is 0 Å². The van der Waals surface area contributed by atoms with Gasteiger partial charge in [0, 0.05) is 48.3 Å². The van der Waals surface area contributed by atoms with Gasteiger partial charge in [0.15, 0.2) is 17.5 Å². The molecule has 0 saturated carbocycles. The van der Waals surface area contributed by atoms with Crippen LogP contribution in [0, 0.1) is 0 Å². The molecule has 1 aliphatic carbocycles. The van der Waals surface area contributed by atoms with Crippen LogP contribution in [0.15, 0.2) is 200 Å². The van der Waals surface area contributed by atoms with Crippen LogP contribution in [0.4, 0.5) is 0 Å². The first-order valence-corrected chi connectivity index (χ1v) is 19.9. The Morgan fingerprint density at radius 3 is 1.89 bits per heavy atom. The highest BCUT2D eigenvalue weighted by Gasteiger charge is 2.22. The Morgan fingerprint density at radius 2 is 1.07 bits per heavy atom. The Bertz CT molecular complexity index is 3090. The standard InChI is InChI=1S/C52H33N3OS/c1-3-11-33(12-4-1)34-21-23-35(24-22-34)38-26-28-47-45(31-38)49-44(19-10-20-48(49)57-47)52-54-50(36-13-5-2-6-14-36)53-51(55-52)41-17-9-16-37(29-41)39-25-27-43-40-15-7-8-18-42(30-40)56-46(43)32-39/h1-32,40H. The van der Waals surface area contributed by atoms with Gasteiger partial charge >= 0.3 is 0 Å². The fourth-order valence-electron chi connectivity index (χ4n) is 7.95. The molecule has 0 amide bonds. The molecule has 2 bridgehead atoms. The van der Waals surface area contributed by atoms with Gasteiger partial charge in [-0.2, -0.15) is 0 Å². The molecule has 0 saturated heterocycles. The monoisotopic (exact) mass is 747 g/mol. The summed E-state index contributed by atoms with van der Waals surface area (Å²) in [5.74, 6) is 3.85. The molecule has 2 aromatic heterocycles. The normalized spacial score (nSPS) is 14.2. The van der Waals surface area contributed by atoms with Gasteiger partial charge in [0.2, 0.25) is 0 Å². The second-order valence-corrected chi connectivity index (χ2v) is 15.5. The second-order valence-electron chi connectivity index (χ2n) is 14.4. The number of ether oxygens (including phenoxy) is 1. The largest absolute Gasteiger partial charge is 0.457 e. The maximum atomic E-state index is 6.30. The van der Waals surface area contributed by atoms with Crippen LogP contribution >= 0.6 is 11.3 Å². The summed E-state index contributed by atoms with van der Waals surface area (Å²) in [6.07, 6.45) is 10.5. The topological polar surface area (TPSA) is 47.9 Å². The molecule has 11 rings (SSSR count). The van der Waals surface area contributed by atoms with Crippen molar-refractivity contribution in [3.05, 3.63) is 205 Å². The predicted octanol–water partition coefficient (Wildman–Crippen LogP) is 13.7. The van der Waals surface area contributed by atoms with Crippen molar-refractivity contribution in [3.8, 4) is 73.3 Å². The number of rotatable bonds is 6. The number of hydrogen-bond donors (Lipinski definition) is 0. The van der Waals surface area contributed by atoms with E-state index in [0.717, 1.165) is 50.3 Å². The Kier molecular flexibility index (Phi) is 8.04. The maximum Gasteiger partial charge on any atom is 0.164 e. The molecule has 4 nitrogen and oxygen atoms in total. The van der Waals surface area contributed by atoms with Gasteiger partial charge in [-0.25, -0.2) is 15.0 Å². The highest BCUT2D eigenvalue weighted by molar-refractivity contribution is 7.26. The quantitative estimate of drug-likeness (QED) is 0.170. The van der Waals surface area contributed by atoms with Gasteiger partial charge in [-0.15, -0.1) is 11.3 Å². The summed E-state index contributed by atoms with van der Waals surface area (Å²) in [6, 6.07) is 57.7. The van der Waals surface area contributed by atoms with Gasteiger partial charge < -0.3 is 4.74 Å². The van der Waals surface area contributed by atoms with Crippen LogP contribution < -0.4 is 4.74 Å². The Hall–Kier alpha value is -7.21. The zero-order valence-corrected chi connectivity index (χ0v) is 31.5. The number of benzene rings is 7. The molecule has 1 aliphatic heterocycles. The number of thiophene rings is 1. The molecule has 0 spiro atoms. The Labute approximate surface area is 334 Å². The van der Waals surface area contributed by atoms with E-state index < -0.39 is 0 Å². The van der Waals surface area contributed by atoms with E-state index in [2.05, 4.69) is 164 Å². The fraction of sp³-hybridized carbons (Fsp3) is 0.0192. The first-order chi connectivity index (χ1) is 28.2. The fourth-order valence-corrected chi connectivity index (χ4v) is 9.06. The zero-order chi connectivity index (χ0) is 37.7. The highest BCUT2D eigenvalue weighted by Crippen LogP contribution is 2.43. The Morgan fingerprint density at radius 1 is 0.456 bits per heavy atom. The van der Waals surface area contributed by atoms with Crippen LogP contribution in [0.1, 0.15) is 11.5 Å². The Balaban J connectivity index is 1.02. The van der Waals surface area contributed by atoms with Crippen molar-refractivity contribution in [2.24, 2.45) is 0 Å². The average molecular weight is 748 g/mol. The van der Waals surface area contributed by atoms with Crippen molar-refractivity contribution < 1.29 is 4.74 Å². The molecule has 9 aromatic rings. The van der Waals surface area contributed by atoms with Crippen molar-refractivity contribution in [1.82, 2.24) is 15.0 Å². The number of fused-ring (bicyclic) bond motifs is 6. The molecule has 0 N–H and O–H groups in total. The third-order valence-corrected chi connectivity index (χ3v) is 12.0. The van der Waals surface area contributed by atoms with Crippen molar-refractivity contribution >= 4 is 31.5 Å². The van der Waals surface area contributed by atoms with E-state index in [0.29, 0.717) is 17.5 Å². The lowest BCUT2D eigenvalue weighted by Crippen LogP contribution is -2.06. The average Bonchev–Trinajstić information content (AvgIpc) is 3.55. The summed E-state index contributed by atoms with van der Waals surface area (Å²) in [5.41, 5.74) is 10.9. The minimum absolute atomic E-state index is 0.196. The molecule has 7 aromatic carbocycles. The lowest BCUT2D eigenvalue weighted by molar-refractivity contribution is 0.425. The summed E-state index contributed by atoms with van der Waals surface area (Å²) >= 11 is 1.80. The van der Waals surface area contributed by atoms with Crippen molar-refractivity contribution in [3.63, 3.8) is 0 Å². The van der Waals surface area contributed by atoms with Gasteiger partial charge in [0.1, 0.15) is 11.5 Å². The molecule has 1 unspecified atom stereocenters. The van der Waals surface area contributed by atoms with E-state index >= 15 is 0 Å². The van der Waals surface area contributed by atoms with Crippen LogP contribution in [-0.4, -0.2) is 15.0 Å². The SMILES string of the molecule is C1=CC2=CC(C=C1)c1ccc(-c3cccc(-c4nc(-c5ccccc5)nc(-c5cccc6sc7ccc(-c8ccc(-c9ccccc9)cc8)cc7c56)n4)c3)cc1O2. The van der Waals surface area contributed by atoms with E-state index in [9.17, 15) is 0 Å². The molecule has 0 radical (unpaired) electrons. The van der Waals surface area contributed by atoms with Crippen molar-refractivity contribution in [2.45, 2.75) is 5.92 Å². The lowest BCUT2D eigenvalue weighted by Gasteiger charge is -2.22. The smallest absolute Gasteiger partial charge is 0.164 e. The zero-order valence-electron chi connectivity index (χ0n) is 30.7. The molecule has 5 heteroatoms. The summed E-state index contributed by atoms with van der Waals surface area (Å²) in [4.78, 5) is 15.5. The summed E-state index contributed by atoms with van der Waals surface area (Å²) in [5, 5.41) is 2.34. The second kappa shape index (κ2) is 13.8. The molecule has 1 atom stereocenters. The van der Waals surface area contributed by atoms with Gasteiger partial charge in [-0.05, 0) is 75.9 Å². The van der Waals surface area contributed by atoms with Crippen LogP contribution in [0.2, 0.25) is 0 Å². The molecule has 268 valence electrons. The summed E-state index contributed by atoms with van der Waals surface area (Å²) in [7, 11) is 0. The lowest BCUT2D eigenvalue weighted by atomic mass is 9.92. The van der Waals surface area contributed by atoms with Crippen LogP contribution in [-0.2, 0) is 0 Å². The van der Waals surface area contributed by atoms with Crippen LogP contribution in [0.25, 0.3) is 87.7 Å². The van der Waals surface area contributed by atoms with Gasteiger partial charge in [-0.1, -0.05) is 152 Å². The summed E-state index contributed by atoms with van der Waals surface area (Å²) in [6.45, 7) is 0. The molecule has 3 heterocycles. The predicted molar refractivity (Wildman–Crippen MR) is 235 cm³/mol. The molecular weight excluding hydrogens is 715 g/mol. The van der Waals surface area contributed by atoms with E-state index in [1.807, 2.05) is 30.4 Å². The maximum absolute atomic E-state index is 6.30. The summed E-state index contributed by atoms with van der Waals surface area (Å²) < 4.78 is 8.73. The van der Waals surface area contributed by atoms with Gasteiger partial charge in [0.25, 0.3) is 0 Å². The molecule has 57 heavy (non-hydrogen) atoms. The first-order valence-electron chi connectivity index (χ1n) is 19.1. The minimum atomic E-state index is 0.196. The number of hydrogen-bond acceptors (Lipinski definition) is 5. The minimum Gasteiger partial charge on any atom is -0.457 e. The number of allylic oxidation sites excluding steroid dienone is 5. The molecular formula is C52H33N3OS. The van der Waals surface area contributed by atoms with E-state index in [4.69, 9.17) is 19.7 Å². The molecule has 2 aliphatic rings. The van der Waals surface area contributed by atoms with E-state index in [1.165, 1.54) is 37.0 Å². The highest BCUT2D eigenvalue weighted by atomic mass is 32.1. The van der Waals surface area contributed by atoms with Crippen LogP contribution in [0.3, 0.4) is 0 Å². The third kappa shape index (κ3) is 6.15. The molecule has 0 fully saturated rings. The van der Waals surface area contributed by atoms with Gasteiger partial charge in [0.05, 0.1) is 0 Å². The van der Waals surface area contributed by atoms with Crippen molar-refractivity contribution in [2.75, 3.05) is 0 Å². The third-order valence-electron chi connectivity index (χ3n) is 10.8. The number of aromatic nitrogens is 3. The van der Waals surface area contributed by atoms with Crippen molar-refractivity contribution in [1.29, 1.82) is 0 Å². The van der Waals surface area contributed by atoms with E-state index in [-0.39, 0.29) is 5.92 Å². The number of nitrogens with zero attached hydrogens (tertiary/aromatic N) is 3. The van der Waals surface area contributed by atoms with E-state index in [1.54, 1.807) is 11.3 Å². The first kappa shape index (κ1) is 33.2. The van der Waals surface area contributed by atoms with Crippen LogP contribution in [0.5, 0.6) is 5.75 Å².